The predicted octanol–water partition coefficient (Wildman–Crippen LogP) is 2.59. The first kappa shape index (κ1) is 16.5. The Bertz CT molecular complexity index is 523. The molecule has 5 nitrogen and oxygen atoms in total. The molecule has 1 heterocycles. The summed E-state index contributed by atoms with van der Waals surface area (Å²) >= 11 is 0. The number of rotatable bonds is 7. The minimum atomic E-state index is -0.923. The maximum absolute atomic E-state index is 12.1. The lowest BCUT2D eigenvalue weighted by molar-refractivity contribution is -0.137. The number of ether oxygens (including phenoxy) is 1. The van der Waals surface area contributed by atoms with Crippen molar-refractivity contribution in [2.45, 2.75) is 51.2 Å². The second-order valence-corrected chi connectivity index (χ2v) is 5.75. The fourth-order valence-corrected chi connectivity index (χ4v) is 2.82. The minimum Gasteiger partial charge on any atom is -0.481 e. The summed E-state index contributed by atoms with van der Waals surface area (Å²) in [5.74, 6) is -1.04. The molecule has 0 unspecified atom stereocenters. The molecule has 1 aliphatic heterocycles. The van der Waals surface area contributed by atoms with E-state index in [2.05, 4.69) is 5.32 Å². The largest absolute Gasteiger partial charge is 0.481 e. The standard InChI is InChI=1S/C17H23NO4/c1-12-5-2-3-7-14(12)15(11-17(20)21)18-16(19)9-8-13-6-4-10-22-13/h2-3,5,7,13,15H,4,6,8-11H2,1H3,(H,18,19)(H,20,21)/t13-,15+/m0/s1. The molecular formula is C17H23NO4. The number of aliphatic carboxylic acids is 1. The molecule has 0 saturated carbocycles. The van der Waals surface area contributed by atoms with Crippen LogP contribution in [0.5, 0.6) is 0 Å². The SMILES string of the molecule is Cc1ccccc1[C@@H](CC(=O)O)NC(=O)CC[C@@H]1CCCO1. The van der Waals surface area contributed by atoms with Crippen LogP contribution in [-0.4, -0.2) is 29.7 Å². The maximum atomic E-state index is 12.1. The Morgan fingerprint density at radius 1 is 1.41 bits per heavy atom. The number of amides is 1. The van der Waals surface area contributed by atoms with Crippen LogP contribution in [0.4, 0.5) is 0 Å². The third kappa shape index (κ3) is 4.84. The first-order chi connectivity index (χ1) is 10.6. The Kier molecular flexibility index (Phi) is 5.95. The fourth-order valence-electron chi connectivity index (χ4n) is 2.82. The van der Waals surface area contributed by atoms with Crippen LogP contribution in [0.1, 0.15) is 49.3 Å². The van der Waals surface area contributed by atoms with E-state index in [-0.39, 0.29) is 18.4 Å². The maximum Gasteiger partial charge on any atom is 0.305 e. The highest BCUT2D eigenvalue weighted by Gasteiger charge is 2.21. The molecule has 1 fully saturated rings. The highest BCUT2D eigenvalue weighted by Crippen LogP contribution is 2.22. The van der Waals surface area contributed by atoms with Gasteiger partial charge in [0.25, 0.3) is 0 Å². The summed E-state index contributed by atoms with van der Waals surface area (Å²) in [7, 11) is 0. The van der Waals surface area contributed by atoms with E-state index in [1.807, 2.05) is 31.2 Å². The molecule has 1 aromatic rings. The number of carboxylic acids is 1. The summed E-state index contributed by atoms with van der Waals surface area (Å²) in [6.07, 6.45) is 3.17. The summed E-state index contributed by atoms with van der Waals surface area (Å²) in [6, 6.07) is 7.05. The van der Waals surface area contributed by atoms with E-state index in [0.717, 1.165) is 30.6 Å². The zero-order valence-electron chi connectivity index (χ0n) is 12.9. The van der Waals surface area contributed by atoms with E-state index in [1.165, 1.54) is 0 Å². The van der Waals surface area contributed by atoms with Crippen LogP contribution >= 0.6 is 0 Å². The van der Waals surface area contributed by atoms with E-state index >= 15 is 0 Å². The Labute approximate surface area is 130 Å². The fraction of sp³-hybridized carbons (Fsp3) is 0.529. The third-order valence-electron chi connectivity index (χ3n) is 4.00. The topological polar surface area (TPSA) is 75.6 Å². The summed E-state index contributed by atoms with van der Waals surface area (Å²) in [5.41, 5.74) is 1.84. The average Bonchev–Trinajstić information content (AvgIpc) is 2.98. The first-order valence-corrected chi connectivity index (χ1v) is 7.74. The normalized spacial score (nSPS) is 18.9. The van der Waals surface area contributed by atoms with E-state index in [0.29, 0.717) is 12.8 Å². The summed E-state index contributed by atoms with van der Waals surface area (Å²) in [6.45, 7) is 2.69. The van der Waals surface area contributed by atoms with Gasteiger partial charge in [-0.15, -0.1) is 0 Å². The van der Waals surface area contributed by atoms with Gasteiger partial charge in [0.05, 0.1) is 18.6 Å². The van der Waals surface area contributed by atoms with Crippen LogP contribution in [0.15, 0.2) is 24.3 Å². The number of carboxylic acid groups (broad SMARTS) is 1. The van der Waals surface area contributed by atoms with Crippen molar-refractivity contribution in [2.75, 3.05) is 6.61 Å². The van der Waals surface area contributed by atoms with Crippen LogP contribution < -0.4 is 5.32 Å². The van der Waals surface area contributed by atoms with E-state index in [9.17, 15) is 9.59 Å². The molecule has 1 saturated heterocycles. The smallest absolute Gasteiger partial charge is 0.305 e. The van der Waals surface area contributed by atoms with Crippen molar-refractivity contribution in [2.24, 2.45) is 0 Å². The van der Waals surface area contributed by atoms with Crippen molar-refractivity contribution in [1.29, 1.82) is 0 Å². The van der Waals surface area contributed by atoms with Gasteiger partial charge in [-0.2, -0.15) is 0 Å². The van der Waals surface area contributed by atoms with Gasteiger partial charge < -0.3 is 15.2 Å². The first-order valence-electron chi connectivity index (χ1n) is 7.74. The Morgan fingerprint density at radius 3 is 2.82 bits per heavy atom. The number of hydrogen-bond acceptors (Lipinski definition) is 3. The second kappa shape index (κ2) is 7.94. The number of nitrogens with one attached hydrogen (secondary N) is 1. The molecule has 2 atom stereocenters. The minimum absolute atomic E-state index is 0.115. The molecule has 0 aromatic heterocycles. The lowest BCUT2D eigenvalue weighted by Crippen LogP contribution is -2.31. The van der Waals surface area contributed by atoms with Gasteiger partial charge in [-0.25, -0.2) is 0 Å². The second-order valence-electron chi connectivity index (χ2n) is 5.75. The van der Waals surface area contributed by atoms with Crippen molar-refractivity contribution in [3.63, 3.8) is 0 Å². The lowest BCUT2D eigenvalue weighted by Gasteiger charge is -2.20. The van der Waals surface area contributed by atoms with Crippen LogP contribution in [0.3, 0.4) is 0 Å². The summed E-state index contributed by atoms with van der Waals surface area (Å²) < 4.78 is 5.50. The molecule has 0 radical (unpaired) electrons. The van der Waals surface area contributed by atoms with Crippen molar-refractivity contribution in [1.82, 2.24) is 5.32 Å². The third-order valence-corrected chi connectivity index (χ3v) is 4.00. The highest BCUT2D eigenvalue weighted by atomic mass is 16.5. The summed E-state index contributed by atoms with van der Waals surface area (Å²) in [4.78, 5) is 23.2. The van der Waals surface area contributed by atoms with Gasteiger partial charge in [0.2, 0.25) is 5.91 Å². The van der Waals surface area contributed by atoms with Crippen molar-refractivity contribution >= 4 is 11.9 Å². The molecule has 1 aromatic carbocycles. The quantitative estimate of drug-likeness (QED) is 0.812. The molecule has 2 N–H and O–H groups in total. The van der Waals surface area contributed by atoms with Crippen LogP contribution in [0.2, 0.25) is 0 Å². The van der Waals surface area contributed by atoms with Gasteiger partial charge in [-0.3, -0.25) is 9.59 Å². The van der Waals surface area contributed by atoms with Gasteiger partial charge in [-0.1, -0.05) is 24.3 Å². The van der Waals surface area contributed by atoms with Crippen LogP contribution in [0.25, 0.3) is 0 Å². The Balaban J connectivity index is 1.95. The van der Waals surface area contributed by atoms with Gasteiger partial charge in [0.1, 0.15) is 0 Å². The van der Waals surface area contributed by atoms with Gasteiger partial charge >= 0.3 is 5.97 Å². The lowest BCUT2D eigenvalue weighted by atomic mass is 9.98. The van der Waals surface area contributed by atoms with Gasteiger partial charge in [0, 0.05) is 13.0 Å². The molecule has 0 spiro atoms. The molecule has 0 bridgehead atoms. The zero-order chi connectivity index (χ0) is 15.9. The predicted molar refractivity (Wildman–Crippen MR) is 82.5 cm³/mol. The highest BCUT2D eigenvalue weighted by molar-refractivity contribution is 5.77. The van der Waals surface area contributed by atoms with E-state index < -0.39 is 12.0 Å². The Morgan fingerprint density at radius 2 is 2.18 bits per heavy atom. The molecule has 1 amide bonds. The van der Waals surface area contributed by atoms with Crippen molar-refractivity contribution in [3.8, 4) is 0 Å². The molecule has 22 heavy (non-hydrogen) atoms. The monoisotopic (exact) mass is 305 g/mol. The van der Waals surface area contributed by atoms with E-state index in [4.69, 9.17) is 9.84 Å². The van der Waals surface area contributed by atoms with Gasteiger partial charge in [-0.05, 0) is 37.3 Å². The zero-order valence-corrected chi connectivity index (χ0v) is 12.9. The number of carbonyl (C=O) groups excluding carboxylic acids is 1. The Hall–Kier alpha value is -1.88. The van der Waals surface area contributed by atoms with Crippen molar-refractivity contribution in [3.05, 3.63) is 35.4 Å². The molecule has 0 aliphatic carbocycles. The van der Waals surface area contributed by atoms with Crippen LogP contribution in [0, 0.1) is 6.92 Å². The van der Waals surface area contributed by atoms with Crippen LogP contribution in [-0.2, 0) is 14.3 Å². The van der Waals surface area contributed by atoms with E-state index in [1.54, 1.807) is 0 Å². The number of carbonyl (C=O) groups is 2. The molecule has 5 heteroatoms. The average molecular weight is 305 g/mol. The van der Waals surface area contributed by atoms with Crippen molar-refractivity contribution < 1.29 is 19.4 Å². The molecular weight excluding hydrogens is 282 g/mol. The summed E-state index contributed by atoms with van der Waals surface area (Å²) in [5, 5.41) is 11.9. The number of benzene rings is 1. The molecule has 120 valence electrons. The molecule has 2 rings (SSSR count). The van der Waals surface area contributed by atoms with Gasteiger partial charge in [0.15, 0.2) is 0 Å². The number of hydrogen-bond donors (Lipinski definition) is 2. The molecule has 1 aliphatic rings. The number of aryl methyl sites for hydroxylation is 1.